The standard InChI is InChI=1S/C26H30F2N8O3S/c1-13-9-20(33-32-13)29-24-21(14-7-8-14)22(18-12-19(26(2,3)37)36(5)34-18)30-25(31-24)35(4)23-16(27)10-15(11-17(23)28)40(6,38)39/h9-12,14,37H,7-8H2,1-6H3,(H2,29,30,31,32,33). The van der Waals surface area contributed by atoms with Crippen LogP contribution in [0, 0.1) is 18.6 Å². The number of aryl methyl sites for hydroxylation is 2. The van der Waals surface area contributed by atoms with Crippen LogP contribution in [0.1, 0.15) is 49.6 Å². The average molecular weight is 573 g/mol. The zero-order valence-electron chi connectivity index (χ0n) is 22.9. The Hall–Kier alpha value is -3.91. The van der Waals surface area contributed by atoms with Crippen molar-refractivity contribution in [3.63, 3.8) is 0 Å². The Kier molecular flexibility index (Phi) is 6.65. The van der Waals surface area contributed by atoms with Crippen molar-refractivity contribution in [2.45, 2.75) is 50.0 Å². The first-order chi connectivity index (χ1) is 18.6. The van der Waals surface area contributed by atoms with E-state index in [1.54, 1.807) is 37.7 Å². The third kappa shape index (κ3) is 5.28. The Morgan fingerprint density at radius 2 is 1.80 bits per heavy atom. The van der Waals surface area contributed by atoms with Crippen LogP contribution in [0.4, 0.5) is 32.1 Å². The Bertz CT molecular complexity index is 1700. The van der Waals surface area contributed by atoms with Crippen molar-refractivity contribution in [1.29, 1.82) is 0 Å². The molecule has 5 rings (SSSR count). The minimum Gasteiger partial charge on any atom is -0.384 e. The van der Waals surface area contributed by atoms with Gasteiger partial charge in [0.05, 0.1) is 10.6 Å². The Morgan fingerprint density at radius 1 is 1.15 bits per heavy atom. The SMILES string of the molecule is Cc1cc(Nc2nc(N(C)c3c(F)cc(S(C)(=O)=O)cc3F)nc(-c3cc(C(C)(C)O)n(C)n3)c2C2CC2)n[nH]1. The number of hydrogen-bond donors (Lipinski definition) is 3. The quantitative estimate of drug-likeness (QED) is 0.283. The summed E-state index contributed by atoms with van der Waals surface area (Å²) < 4.78 is 55.7. The second-order valence-electron chi connectivity index (χ2n) is 10.6. The molecule has 1 aromatic carbocycles. The van der Waals surface area contributed by atoms with Crippen molar-refractivity contribution in [3.05, 3.63) is 52.9 Å². The topological polar surface area (TPSA) is 142 Å². The lowest BCUT2D eigenvalue weighted by Gasteiger charge is -2.22. The molecule has 0 saturated heterocycles. The van der Waals surface area contributed by atoms with Crippen LogP contribution in [-0.2, 0) is 22.5 Å². The molecule has 3 N–H and O–H groups in total. The van der Waals surface area contributed by atoms with Crippen LogP contribution in [0.15, 0.2) is 29.2 Å². The second kappa shape index (κ2) is 9.63. The van der Waals surface area contributed by atoms with E-state index in [0.29, 0.717) is 28.7 Å². The Morgan fingerprint density at radius 3 is 2.30 bits per heavy atom. The van der Waals surface area contributed by atoms with Gasteiger partial charge in [0.1, 0.15) is 28.5 Å². The van der Waals surface area contributed by atoms with Crippen molar-refractivity contribution >= 4 is 33.1 Å². The number of nitrogens with zero attached hydrogens (tertiary/aromatic N) is 6. The number of sulfone groups is 1. The zero-order valence-corrected chi connectivity index (χ0v) is 23.7. The highest BCUT2D eigenvalue weighted by Crippen LogP contribution is 2.48. The van der Waals surface area contributed by atoms with Gasteiger partial charge in [-0.1, -0.05) is 0 Å². The van der Waals surface area contributed by atoms with E-state index in [4.69, 9.17) is 4.98 Å². The van der Waals surface area contributed by atoms with E-state index in [-0.39, 0.29) is 11.9 Å². The number of aliphatic hydroxyl groups is 1. The molecular formula is C26H30F2N8O3S. The highest BCUT2D eigenvalue weighted by molar-refractivity contribution is 7.90. The molecule has 0 unspecified atom stereocenters. The van der Waals surface area contributed by atoms with Gasteiger partial charge in [-0.3, -0.25) is 9.78 Å². The fourth-order valence-corrected chi connectivity index (χ4v) is 5.23. The molecule has 4 aromatic rings. The predicted molar refractivity (Wildman–Crippen MR) is 146 cm³/mol. The fourth-order valence-electron chi connectivity index (χ4n) is 4.59. The fraction of sp³-hybridized carbons (Fsp3) is 0.385. The number of nitrogens with one attached hydrogen (secondary N) is 2. The maximum absolute atomic E-state index is 15.2. The van der Waals surface area contributed by atoms with Gasteiger partial charge in [0.2, 0.25) is 5.95 Å². The molecule has 1 aliphatic rings. The maximum Gasteiger partial charge on any atom is 0.232 e. The molecule has 3 heterocycles. The predicted octanol–water partition coefficient (Wildman–Crippen LogP) is 4.21. The van der Waals surface area contributed by atoms with Crippen molar-refractivity contribution in [2.24, 2.45) is 7.05 Å². The van der Waals surface area contributed by atoms with E-state index in [9.17, 15) is 13.5 Å². The number of hydrogen-bond acceptors (Lipinski definition) is 9. The van der Waals surface area contributed by atoms with Crippen LogP contribution < -0.4 is 10.2 Å². The lowest BCUT2D eigenvalue weighted by Crippen LogP contribution is -2.19. The minimum atomic E-state index is -3.84. The van der Waals surface area contributed by atoms with E-state index in [1.807, 2.05) is 6.92 Å². The summed E-state index contributed by atoms with van der Waals surface area (Å²) in [6.45, 7) is 5.14. The summed E-state index contributed by atoms with van der Waals surface area (Å²) in [5, 5.41) is 25.6. The van der Waals surface area contributed by atoms with E-state index in [2.05, 4.69) is 25.6 Å². The van der Waals surface area contributed by atoms with Crippen LogP contribution in [0.5, 0.6) is 0 Å². The van der Waals surface area contributed by atoms with Gasteiger partial charge in [0, 0.05) is 37.7 Å². The summed E-state index contributed by atoms with van der Waals surface area (Å²) in [5.74, 6) is -1.23. The summed E-state index contributed by atoms with van der Waals surface area (Å²) in [5.41, 5.74) is 1.32. The van der Waals surface area contributed by atoms with E-state index >= 15 is 8.78 Å². The van der Waals surface area contributed by atoms with Gasteiger partial charge in [-0.25, -0.2) is 22.2 Å². The third-order valence-corrected chi connectivity index (χ3v) is 7.77. The molecule has 0 atom stereocenters. The van der Waals surface area contributed by atoms with Gasteiger partial charge in [-0.05, 0) is 57.7 Å². The average Bonchev–Trinajstić information content (AvgIpc) is 3.47. The molecule has 1 fully saturated rings. The Balaban J connectivity index is 1.71. The second-order valence-corrected chi connectivity index (χ2v) is 12.6. The van der Waals surface area contributed by atoms with Crippen molar-refractivity contribution in [1.82, 2.24) is 29.9 Å². The van der Waals surface area contributed by atoms with Crippen molar-refractivity contribution < 1.29 is 22.3 Å². The lowest BCUT2D eigenvalue weighted by atomic mass is 10.0. The molecule has 14 heteroatoms. The number of halogens is 2. The summed E-state index contributed by atoms with van der Waals surface area (Å²) in [7, 11) is -0.740. The smallest absolute Gasteiger partial charge is 0.232 e. The highest BCUT2D eigenvalue weighted by atomic mass is 32.2. The van der Waals surface area contributed by atoms with Gasteiger partial charge in [0.25, 0.3) is 0 Å². The molecule has 1 saturated carbocycles. The van der Waals surface area contributed by atoms with E-state index < -0.39 is 37.7 Å². The van der Waals surface area contributed by atoms with Gasteiger partial charge in [0.15, 0.2) is 27.3 Å². The normalized spacial score (nSPS) is 14.0. The van der Waals surface area contributed by atoms with Crippen LogP contribution >= 0.6 is 0 Å². The third-order valence-electron chi connectivity index (χ3n) is 6.68. The first-order valence-electron chi connectivity index (χ1n) is 12.5. The summed E-state index contributed by atoms with van der Waals surface area (Å²) >= 11 is 0. The number of H-pyrrole nitrogens is 1. The molecule has 0 spiro atoms. The minimum absolute atomic E-state index is 0.0606. The van der Waals surface area contributed by atoms with Crippen molar-refractivity contribution in [3.8, 4) is 11.4 Å². The molecule has 212 valence electrons. The number of benzene rings is 1. The molecule has 3 aromatic heterocycles. The monoisotopic (exact) mass is 572 g/mol. The number of aromatic nitrogens is 6. The first kappa shape index (κ1) is 27.6. The summed E-state index contributed by atoms with van der Waals surface area (Å²) in [6.07, 6.45) is 2.66. The molecule has 0 aliphatic heterocycles. The van der Waals surface area contributed by atoms with E-state index in [1.165, 1.54) is 7.05 Å². The summed E-state index contributed by atoms with van der Waals surface area (Å²) in [4.78, 5) is 10.0. The Labute approximate surface area is 230 Å². The molecule has 0 radical (unpaired) electrons. The lowest BCUT2D eigenvalue weighted by molar-refractivity contribution is 0.0695. The van der Waals surface area contributed by atoms with Gasteiger partial charge in [-0.2, -0.15) is 15.2 Å². The number of rotatable bonds is 8. The van der Waals surface area contributed by atoms with Crippen LogP contribution in [0.3, 0.4) is 0 Å². The molecule has 11 nitrogen and oxygen atoms in total. The molecule has 1 aliphatic carbocycles. The number of anilines is 4. The zero-order chi connectivity index (χ0) is 29.1. The highest BCUT2D eigenvalue weighted by Gasteiger charge is 2.34. The first-order valence-corrected chi connectivity index (χ1v) is 14.4. The maximum atomic E-state index is 15.2. The van der Waals surface area contributed by atoms with Gasteiger partial charge in [-0.15, -0.1) is 0 Å². The van der Waals surface area contributed by atoms with Crippen LogP contribution in [-0.4, -0.2) is 56.8 Å². The van der Waals surface area contributed by atoms with Crippen molar-refractivity contribution in [2.75, 3.05) is 23.5 Å². The largest absolute Gasteiger partial charge is 0.384 e. The molecule has 0 amide bonds. The van der Waals surface area contributed by atoms with Crippen LogP contribution in [0.2, 0.25) is 0 Å². The van der Waals surface area contributed by atoms with E-state index in [0.717, 1.165) is 47.4 Å². The number of aromatic amines is 1. The molecule has 0 bridgehead atoms. The van der Waals surface area contributed by atoms with Gasteiger partial charge >= 0.3 is 0 Å². The van der Waals surface area contributed by atoms with Gasteiger partial charge < -0.3 is 15.3 Å². The van der Waals surface area contributed by atoms with Crippen LogP contribution in [0.25, 0.3) is 11.4 Å². The summed E-state index contributed by atoms with van der Waals surface area (Å²) in [6, 6.07) is 5.05. The molecule has 40 heavy (non-hydrogen) atoms. The molecular weight excluding hydrogens is 542 g/mol.